The van der Waals surface area contributed by atoms with E-state index in [2.05, 4.69) is 67.8 Å². The number of hydrogen-bond acceptors (Lipinski definition) is 5. The lowest BCUT2D eigenvalue weighted by Crippen LogP contribution is -2.34. The average Bonchev–Trinajstić information content (AvgIpc) is 2.79. The third-order valence-electron chi connectivity index (χ3n) is 4.07. The molecule has 4 nitrogen and oxygen atoms in total. The van der Waals surface area contributed by atoms with Gasteiger partial charge in [-0.05, 0) is 52.5 Å². The highest BCUT2D eigenvalue weighted by molar-refractivity contribution is 9.10. The fourth-order valence-electron chi connectivity index (χ4n) is 2.81. The Balaban J connectivity index is 2.00. The number of aromatic nitrogens is 1. The van der Waals surface area contributed by atoms with Crippen molar-refractivity contribution in [3.05, 3.63) is 40.9 Å². The van der Waals surface area contributed by atoms with Crippen LogP contribution in [-0.4, -0.2) is 24.7 Å². The highest BCUT2D eigenvalue weighted by Gasteiger charge is 2.25. The molecule has 0 radical (unpaired) electrons. The molecule has 1 aliphatic rings. The molecular weight excluding hydrogens is 386 g/mol. The number of unbranched alkanes of at least 4 members (excludes halogenated alkanes) is 1. The summed E-state index contributed by atoms with van der Waals surface area (Å²) in [5, 5.41) is 0.943. The maximum atomic E-state index is 5.37. The Morgan fingerprint density at radius 1 is 1.38 bits per heavy atom. The minimum Gasteiger partial charge on any atom is -0.480 e. The van der Waals surface area contributed by atoms with E-state index in [1.807, 2.05) is 6.07 Å². The van der Waals surface area contributed by atoms with Gasteiger partial charge in [0.1, 0.15) is 5.03 Å². The number of rotatable bonds is 5. The van der Waals surface area contributed by atoms with Crippen LogP contribution in [0.3, 0.4) is 0 Å². The van der Waals surface area contributed by atoms with E-state index in [0.717, 1.165) is 28.2 Å². The zero-order valence-electron chi connectivity index (χ0n) is 14.0. The first kappa shape index (κ1) is 17.6. The molecule has 3 rings (SSSR count). The van der Waals surface area contributed by atoms with Crippen molar-refractivity contribution in [1.29, 1.82) is 0 Å². The predicted octanol–water partition coefficient (Wildman–Crippen LogP) is 5.16. The van der Waals surface area contributed by atoms with E-state index in [9.17, 15) is 0 Å². The van der Waals surface area contributed by atoms with Gasteiger partial charge in [0.2, 0.25) is 5.88 Å². The van der Waals surface area contributed by atoms with Gasteiger partial charge in [-0.15, -0.1) is 0 Å². The number of fused-ring (bicyclic) bond motifs is 1. The van der Waals surface area contributed by atoms with Gasteiger partial charge in [0, 0.05) is 18.3 Å². The second-order valence-electron chi connectivity index (χ2n) is 5.81. The minimum atomic E-state index is 0.411. The number of hydrogen-bond donors (Lipinski definition) is 1. The largest absolute Gasteiger partial charge is 0.480 e. The van der Waals surface area contributed by atoms with E-state index in [4.69, 9.17) is 4.74 Å². The third kappa shape index (κ3) is 3.87. The SMILES string of the molecule is CCCCC1CN(c2ccccc2)c2cc(Br)c(OC)nc2SN1. The maximum absolute atomic E-state index is 5.37. The zero-order chi connectivity index (χ0) is 16.9. The summed E-state index contributed by atoms with van der Waals surface area (Å²) in [7, 11) is 1.65. The van der Waals surface area contributed by atoms with Gasteiger partial charge in [-0.25, -0.2) is 4.98 Å². The maximum Gasteiger partial charge on any atom is 0.228 e. The number of nitrogens with zero attached hydrogens (tertiary/aromatic N) is 2. The fraction of sp³-hybridized carbons (Fsp3) is 0.389. The molecule has 0 saturated carbocycles. The summed E-state index contributed by atoms with van der Waals surface area (Å²) in [6.45, 7) is 3.15. The number of para-hydroxylation sites is 1. The van der Waals surface area contributed by atoms with E-state index >= 15 is 0 Å². The molecule has 0 amide bonds. The molecule has 0 aliphatic carbocycles. The Morgan fingerprint density at radius 2 is 2.17 bits per heavy atom. The number of halogens is 1. The molecule has 1 aliphatic heterocycles. The molecule has 0 spiro atoms. The van der Waals surface area contributed by atoms with E-state index in [1.54, 1.807) is 19.1 Å². The van der Waals surface area contributed by atoms with Crippen molar-refractivity contribution >= 4 is 39.3 Å². The first-order valence-electron chi connectivity index (χ1n) is 8.22. The van der Waals surface area contributed by atoms with Gasteiger partial charge in [0.15, 0.2) is 0 Å². The van der Waals surface area contributed by atoms with Gasteiger partial charge in [0.05, 0.1) is 17.3 Å². The molecule has 24 heavy (non-hydrogen) atoms. The van der Waals surface area contributed by atoms with Crippen molar-refractivity contribution in [2.24, 2.45) is 0 Å². The summed E-state index contributed by atoms with van der Waals surface area (Å²) in [6.07, 6.45) is 3.58. The molecule has 0 bridgehead atoms. The summed E-state index contributed by atoms with van der Waals surface area (Å²) < 4.78 is 9.82. The lowest BCUT2D eigenvalue weighted by molar-refractivity contribution is 0.391. The minimum absolute atomic E-state index is 0.411. The summed E-state index contributed by atoms with van der Waals surface area (Å²) in [4.78, 5) is 7.02. The van der Waals surface area contributed by atoms with E-state index < -0.39 is 0 Å². The van der Waals surface area contributed by atoms with Gasteiger partial charge >= 0.3 is 0 Å². The second-order valence-corrected chi connectivity index (χ2v) is 7.49. The van der Waals surface area contributed by atoms with Crippen LogP contribution in [0.1, 0.15) is 26.2 Å². The number of ether oxygens (including phenoxy) is 1. The molecule has 6 heteroatoms. The molecular formula is C18H22BrN3OS. The van der Waals surface area contributed by atoms with Crippen molar-refractivity contribution in [2.45, 2.75) is 37.3 Å². The second kappa shape index (κ2) is 8.23. The average molecular weight is 408 g/mol. The topological polar surface area (TPSA) is 37.4 Å². The fourth-order valence-corrected chi connectivity index (χ4v) is 4.15. The van der Waals surface area contributed by atoms with Crippen LogP contribution in [0, 0.1) is 0 Å². The van der Waals surface area contributed by atoms with Crippen molar-refractivity contribution in [3.8, 4) is 5.88 Å². The Morgan fingerprint density at radius 3 is 2.88 bits per heavy atom. The Hall–Kier alpha value is -1.24. The van der Waals surface area contributed by atoms with Crippen LogP contribution in [0.15, 0.2) is 45.9 Å². The standard InChI is InChI=1S/C18H22BrN3OS/c1-3-4-8-13-12-22(14-9-6-5-7-10-14)16-11-15(19)17(23-2)20-18(16)24-21-13/h5-7,9-11,13,21H,3-4,8,12H2,1-2H3. The molecule has 1 unspecified atom stereocenters. The predicted molar refractivity (Wildman–Crippen MR) is 104 cm³/mol. The molecule has 0 fully saturated rings. The molecule has 2 heterocycles. The molecule has 1 aromatic heterocycles. The number of pyridine rings is 1. The molecule has 2 aromatic rings. The number of anilines is 2. The smallest absolute Gasteiger partial charge is 0.228 e. The van der Waals surface area contributed by atoms with Crippen LogP contribution in [-0.2, 0) is 0 Å². The van der Waals surface area contributed by atoms with Gasteiger partial charge in [-0.1, -0.05) is 38.0 Å². The Kier molecular flexibility index (Phi) is 6.03. The molecule has 1 atom stereocenters. The highest BCUT2D eigenvalue weighted by atomic mass is 79.9. The van der Waals surface area contributed by atoms with Crippen LogP contribution in [0.4, 0.5) is 11.4 Å². The van der Waals surface area contributed by atoms with Gasteiger partial charge < -0.3 is 9.64 Å². The highest BCUT2D eigenvalue weighted by Crippen LogP contribution is 2.40. The summed E-state index contributed by atoms with van der Waals surface area (Å²) in [6, 6.07) is 13.0. The Bertz CT molecular complexity index is 683. The van der Waals surface area contributed by atoms with E-state index in [1.165, 1.54) is 18.5 Å². The number of methoxy groups -OCH3 is 1. The normalized spacial score (nSPS) is 17.3. The van der Waals surface area contributed by atoms with Crippen LogP contribution < -0.4 is 14.4 Å². The van der Waals surface area contributed by atoms with E-state index in [-0.39, 0.29) is 0 Å². The van der Waals surface area contributed by atoms with Crippen molar-refractivity contribution < 1.29 is 4.74 Å². The van der Waals surface area contributed by atoms with Crippen LogP contribution >= 0.6 is 27.9 Å². The van der Waals surface area contributed by atoms with Crippen molar-refractivity contribution in [3.63, 3.8) is 0 Å². The summed E-state index contributed by atoms with van der Waals surface area (Å²) in [5.41, 5.74) is 2.29. The van der Waals surface area contributed by atoms with Gasteiger partial charge in [-0.2, -0.15) is 0 Å². The lowest BCUT2D eigenvalue weighted by atomic mass is 10.1. The van der Waals surface area contributed by atoms with Crippen molar-refractivity contribution in [2.75, 3.05) is 18.6 Å². The van der Waals surface area contributed by atoms with Gasteiger partial charge in [-0.3, -0.25) is 4.72 Å². The van der Waals surface area contributed by atoms with E-state index in [0.29, 0.717) is 11.9 Å². The monoisotopic (exact) mass is 407 g/mol. The van der Waals surface area contributed by atoms with Gasteiger partial charge in [0.25, 0.3) is 0 Å². The van der Waals surface area contributed by atoms with Crippen molar-refractivity contribution in [1.82, 2.24) is 9.71 Å². The number of benzene rings is 1. The quantitative estimate of drug-likeness (QED) is 0.692. The first-order chi connectivity index (χ1) is 11.7. The summed E-state index contributed by atoms with van der Waals surface area (Å²) in [5.74, 6) is 0.614. The first-order valence-corrected chi connectivity index (χ1v) is 9.83. The van der Waals surface area contributed by atoms with Crippen LogP contribution in [0.5, 0.6) is 5.88 Å². The molecule has 1 aromatic carbocycles. The van der Waals surface area contributed by atoms with Crippen LogP contribution in [0.2, 0.25) is 0 Å². The molecule has 0 saturated heterocycles. The van der Waals surface area contributed by atoms with Crippen LogP contribution in [0.25, 0.3) is 0 Å². The summed E-state index contributed by atoms with van der Waals surface area (Å²) >= 11 is 5.18. The lowest BCUT2D eigenvalue weighted by Gasteiger charge is -2.27. The number of nitrogens with one attached hydrogen (secondary N) is 1. The zero-order valence-corrected chi connectivity index (χ0v) is 16.4. The third-order valence-corrected chi connectivity index (χ3v) is 5.59. The molecule has 128 valence electrons. The Labute approximate surface area is 156 Å². The molecule has 1 N–H and O–H groups in total.